The quantitative estimate of drug-likeness (QED) is 0.819. The Morgan fingerprint density at radius 2 is 1.82 bits per heavy atom. The molecule has 0 amide bonds. The number of benzene rings is 1. The zero-order valence-corrected chi connectivity index (χ0v) is 11.8. The molecule has 1 aromatic carbocycles. The molecule has 2 atom stereocenters. The van der Waals surface area contributed by atoms with E-state index in [0.29, 0.717) is 5.92 Å². The average molecular weight is 250 g/mol. The second kappa shape index (κ2) is 4.66. The van der Waals surface area contributed by atoms with Gasteiger partial charge in [0.2, 0.25) is 0 Å². The fourth-order valence-electron chi connectivity index (χ4n) is 2.87. The standard InChI is InChI=1S/C15H22OS/c1-14(2)9-10-15(3,16)13(14)11-17-12-7-5-4-6-8-12/h4-8,13,16H,9-11H2,1-3H3/t13-,15-/m0/s1. The van der Waals surface area contributed by atoms with Crippen LogP contribution in [0.15, 0.2) is 35.2 Å². The van der Waals surface area contributed by atoms with Crippen LogP contribution >= 0.6 is 11.8 Å². The van der Waals surface area contributed by atoms with Crippen LogP contribution in [0.2, 0.25) is 0 Å². The molecular formula is C15H22OS. The second-order valence-corrected chi connectivity index (χ2v) is 7.12. The lowest BCUT2D eigenvalue weighted by atomic mass is 9.79. The van der Waals surface area contributed by atoms with E-state index in [1.54, 1.807) is 0 Å². The zero-order chi connectivity index (χ0) is 12.5. The smallest absolute Gasteiger partial charge is 0.0661 e. The largest absolute Gasteiger partial charge is 0.390 e. The van der Waals surface area contributed by atoms with Gasteiger partial charge in [0.05, 0.1) is 5.60 Å². The fourth-order valence-corrected chi connectivity index (χ4v) is 4.39. The summed E-state index contributed by atoms with van der Waals surface area (Å²) in [6.07, 6.45) is 2.06. The van der Waals surface area contributed by atoms with E-state index in [-0.39, 0.29) is 5.41 Å². The molecule has 1 aliphatic carbocycles. The van der Waals surface area contributed by atoms with Gasteiger partial charge in [0, 0.05) is 16.6 Å². The van der Waals surface area contributed by atoms with Gasteiger partial charge in [-0.05, 0) is 37.3 Å². The minimum absolute atomic E-state index is 0.255. The molecule has 0 heterocycles. The zero-order valence-electron chi connectivity index (χ0n) is 10.9. The van der Waals surface area contributed by atoms with E-state index >= 15 is 0 Å². The lowest BCUT2D eigenvalue weighted by molar-refractivity contribution is 0.00753. The highest BCUT2D eigenvalue weighted by molar-refractivity contribution is 7.99. The maximum Gasteiger partial charge on any atom is 0.0661 e. The lowest BCUT2D eigenvalue weighted by Crippen LogP contribution is -2.36. The Morgan fingerprint density at radius 1 is 1.18 bits per heavy atom. The van der Waals surface area contributed by atoms with Crippen molar-refractivity contribution >= 4 is 11.8 Å². The van der Waals surface area contributed by atoms with Crippen molar-refractivity contribution in [3.8, 4) is 0 Å². The van der Waals surface area contributed by atoms with Gasteiger partial charge < -0.3 is 5.11 Å². The Labute approximate surface area is 109 Å². The molecule has 2 rings (SSSR count). The molecule has 17 heavy (non-hydrogen) atoms. The highest BCUT2D eigenvalue weighted by Gasteiger charge is 2.48. The third-order valence-corrected chi connectivity index (χ3v) is 5.23. The summed E-state index contributed by atoms with van der Waals surface area (Å²) in [6.45, 7) is 6.56. The minimum Gasteiger partial charge on any atom is -0.390 e. The van der Waals surface area contributed by atoms with Gasteiger partial charge in [-0.3, -0.25) is 0 Å². The van der Waals surface area contributed by atoms with Gasteiger partial charge in [-0.1, -0.05) is 32.0 Å². The van der Waals surface area contributed by atoms with E-state index in [4.69, 9.17) is 0 Å². The van der Waals surface area contributed by atoms with Crippen LogP contribution in [0.5, 0.6) is 0 Å². The first-order chi connectivity index (χ1) is 7.92. The van der Waals surface area contributed by atoms with Crippen molar-refractivity contribution in [3.05, 3.63) is 30.3 Å². The number of thioether (sulfide) groups is 1. The summed E-state index contributed by atoms with van der Waals surface area (Å²) in [4.78, 5) is 1.30. The van der Waals surface area contributed by atoms with Gasteiger partial charge >= 0.3 is 0 Å². The Hall–Kier alpha value is -0.470. The summed E-state index contributed by atoms with van der Waals surface area (Å²) in [5.74, 6) is 1.38. The summed E-state index contributed by atoms with van der Waals surface area (Å²) < 4.78 is 0. The van der Waals surface area contributed by atoms with Crippen molar-refractivity contribution in [2.24, 2.45) is 11.3 Å². The van der Waals surface area contributed by atoms with E-state index in [1.165, 1.54) is 4.90 Å². The van der Waals surface area contributed by atoms with E-state index in [1.807, 2.05) is 24.8 Å². The van der Waals surface area contributed by atoms with Gasteiger partial charge in [0.25, 0.3) is 0 Å². The van der Waals surface area contributed by atoms with Crippen molar-refractivity contribution < 1.29 is 5.11 Å². The Balaban J connectivity index is 2.03. The van der Waals surface area contributed by atoms with Crippen LogP contribution < -0.4 is 0 Å². The molecule has 0 saturated heterocycles. The van der Waals surface area contributed by atoms with Crippen molar-refractivity contribution in [2.45, 2.75) is 44.1 Å². The summed E-state index contributed by atoms with van der Waals surface area (Å²) in [7, 11) is 0. The van der Waals surface area contributed by atoms with Gasteiger partial charge in [-0.2, -0.15) is 0 Å². The highest BCUT2D eigenvalue weighted by Crippen LogP contribution is 2.50. The Kier molecular flexibility index (Phi) is 3.55. The molecule has 0 unspecified atom stereocenters. The van der Waals surface area contributed by atoms with Crippen LogP contribution in [0.1, 0.15) is 33.6 Å². The summed E-state index contributed by atoms with van der Waals surface area (Å²) in [5.41, 5.74) is -0.240. The molecule has 0 bridgehead atoms. The summed E-state index contributed by atoms with van der Waals surface area (Å²) >= 11 is 1.86. The highest BCUT2D eigenvalue weighted by atomic mass is 32.2. The van der Waals surface area contributed by atoms with Gasteiger partial charge in [-0.15, -0.1) is 11.8 Å². The van der Waals surface area contributed by atoms with Crippen molar-refractivity contribution in [1.82, 2.24) is 0 Å². The first kappa shape index (κ1) is 13.0. The molecule has 1 nitrogen and oxygen atoms in total. The van der Waals surface area contributed by atoms with E-state index < -0.39 is 5.60 Å². The molecule has 0 aliphatic heterocycles. The van der Waals surface area contributed by atoms with Crippen molar-refractivity contribution in [2.75, 3.05) is 5.75 Å². The lowest BCUT2D eigenvalue weighted by Gasteiger charge is -2.34. The molecule has 0 aromatic heterocycles. The Bertz CT molecular complexity index is 354. The third-order valence-electron chi connectivity index (χ3n) is 4.13. The molecule has 1 fully saturated rings. The molecule has 1 N–H and O–H groups in total. The molecule has 2 heteroatoms. The van der Waals surface area contributed by atoms with E-state index in [2.05, 4.69) is 38.1 Å². The number of rotatable bonds is 3. The van der Waals surface area contributed by atoms with Crippen LogP contribution in [0.3, 0.4) is 0 Å². The number of hydrogen-bond acceptors (Lipinski definition) is 2. The Morgan fingerprint density at radius 3 is 2.35 bits per heavy atom. The van der Waals surface area contributed by atoms with Crippen LogP contribution in [0.25, 0.3) is 0 Å². The maximum absolute atomic E-state index is 10.5. The SMILES string of the molecule is CC1(C)CC[C@](C)(O)[C@H]1CSc1ccccc1. The van der Waals surface area contributed by atoms with E-state index in [9.17, 15) is 5.11 Å². The van der Waals surface area contributed by atoms with Crippen molar-refractivity contribution in [3.63, 3.8) is 0 Å². The molecule has 1 aliphatic rings. The topological polar surface area (TPSA) is 20.2 Å². The van der Waals surface area contributed by atoms with Crippen LogP contribution in [-0.2, 0) is 0 Å². The molecule has 0 spiro atoms. The van der Waals surface area contributed by atoms with Crippen LogP contribution in [0.4, 0.5) is 0 Å². The predicted molar refractivity (Wildman–Crippen MR) is 74.3 cm³/mol. The summed E-state index contributed by atoms with van der Waals surface area (Å²) in [6, 6.07) is 10.5. The minimum atomic E-state index is -0.495. The third kappa shape index (κ3) is 2.86. The monoisotopic (exact) mass is 250 g/mol. The van der Waals surface area contributed by atoms with Crippen LogP contribution in [-0.4, -0.2) is 16.5 Å². The first-order valence-corrected chi connectivity index (χ1v) is 7.31. The number of aliphatic hydroxyl groups is 1. The predicted octanol–water partition coefficient (Wildman–Crippen LogP) is 3.97. The molecule has 0 radical (unpaired) electrons. The maximum atomic E-state index is 10.5. The summed E-state index contributed by atoms with van der Waals surface area (Å²) in [5, 5.41) is 10.5. The molecule has 1 aromatic rings. The molecule has 94 valence electrons. The normalized spacial score (nSPS) is 31.6. The molecular weight excluding hydrogens is 228 g/mol. The fraction of sp³-hybridized carbons (Fsp3) is 0.600. The van der Waals surface area contributed by atoms with Crippen LogP contribution in [0, 0.1) is 11.3 Å². The molecule has 1 saturated carbocycles. The van der Waals surface area contributed by atoms with E-state index in [0.717, 1.165) is 18.6 Å². The first-order valence-electron chi connectivity index (χ1n) is 6.32. The number of hydrogen-bond donors (Lipinski definition) is 1. The van der Waals surface area contributed by atoms with Gasteiger partial charge in [-0.25, -0.2) is 0 Å². The van der Waals surface area contributed by atoms with Gasteiger partial charge in [0.15, 0.2) is 0 Å². The average Bonchev–Trinajstić information content (AvgIpc) is 2.48. The van der Waals surface area contributed by atoms with Gasteiger partial charge in [0.1, 0.15) is 0 Å². The van der Waals surface area contributed by atoms with Crippen molar-refractivity contribution in [1.29, 1.82) is 0 Å². The second-order valence-electron chi connectivity index (χ2n) is 6.02.